The zero-order valence-corrected chi connectivity index (χ0v) is 32.1. The molecule has 0 radical (unpaired) electrons. The zero-order valence-electron chi connectivity index (χ0n) is 31.3. The molecule has 270 valence electrons. The van der Waals surface area contributed by atoms with Crippen molar-refractivity contribution in [3.63, 3.8) is 0 Å². The van der Waals surface area contributed by atoms with Gasteiger partial charge in [0.25, 0.3) is 0 Å². The summed E-state index contributed by atoms with van der Waals surface area (Å²) in [5, 5.41) is 6.26. The molecule has 5 aromatic heterocycles. The minimum Gasteiger partial charge on any atom is -0.309 e. The van der Waals surface area contributed by atoms with E-state index in [1.807, 2.05) is 11.8 Å². The van der Waals surface area contributed by atoms with Crippen molar-refractivity contribution in [2.24, 2.45) is 0 Å². The van der Waals surface area contributed by atoms with Gasteiger partial charge in [-0.3, -0.25) is 4.98 Å². The van der Waals surface area contributed by atoms with Crippen LogP contribution in [0.1, 0.15) is 22.7 Å². The van der Waals surface area contributed by atoms with Crippen LogP contribution in [-0.2, 0) is 0 Å². The molecule has 0 amide bonds. The van der Waals surface area contributed by atoms with Crippen LogP contribution in [0.3, 0.4) is 0 Å². The molecule has 1 aliphatic heterocycles. The number of pyridine rings is 2. The van der Waals surface area contributed by atoms with E-state index >= 15 is 0 Å². The summed E-state index contributed by atoms with van der Waals surface area (Å²) >= 11 is 1.92. The Bertz CT molecular complexity index is 3600. The van der Waals surface area contributed by atoms with Crippen molar-refractivity contribution in [3.05, 3.63) is 211 Å². The highest BCUT2D eigenvalue weighted by Crippen LogP contribution is 2.55. The molecule has 58 heavy (non-hydrogen) atoms. The van der Waals surface area contributed by atoms with Crippen LogP contribution in [0.15, 0.2) is 204 Å². The number of nitrogens with zero attached hydrogens (tertiary/aromatic N) is 3. The summed E-state index contributed by atoms with van der Waals surface area (Å²) in [5.74, 6) is -0.0763. The third kappa shape index (κ3) is 4.49. The highest BCUT2D eigenvalue weighted by atomic mass is 32.2. The summed E-state index contributed by atoms with van der Waals surface area (Å²) < 4.78 is 4.90. The van der Waals surface area contributed by atoms with Gasteiger partial charge in [-0.05, 0) is 88.5 Å². The van der Waals surface area contributed by atoms with Crippen LogP contribution >= 0.6 is 11.8 Å². The predicted molar refractivity (Wildman–Crippen MR) is 242 cm³/mol. The Morgan fingerprint density at radius 1 is 0.448 bits per heavy atom. The third-order valence-corrected chi connectivity index (χ3v) is 13.6. The lowest BCUT2D eigenvalue weighted by atomic mass is 9.85. The van der Waals surface area contributed by atoms with E-state index in [4.69, 9.17) is 4.98 Å². The molecule has 3 nitrogen and oxygen atoms in total. The van der Waals surface area contributed by atoms with Crippen molar-refractivity contribution in [1.82, 2.24) is 14.0 Å². The molecule has 0 aliphatic carbocycles. The van der Waals surface area contributed by atoms with Gasteiger partial charge < -0.3 is 8.97 Å². The van der Waals surface area contributed by atoms with Gasteiger partial charge in [0.15, 0.2) is 0 Å². The number of aromatic nitrogens is 3. The first-order valence-electron chi connectivity index (χ1n) is 19.9. The molecule has 0 bridgehead atoms. The summed E-state index contributed by atoms with van der Waals surface area (Å²) in [5.41, 5.74) is 17.0. The molecule has 13 rings (SSSR count). The molecule has 0 saturated carbocycles. The van der Waals surface area contributed by atoms with Crippen molar-refractivity contribution in [2.45, 2.75) is 15.7 Å². The predicted octanol–water partition coefficient (Wildman–Crippen LogP) is 14.3. The number of benzene rings is 7. The van der Waals surface area contributed by atoms with E-state index < -0.39 is 0 Å². The standard InChI is InChI=1S/C54H33N3S/c1-3-14-33(15-4-1)42-32-45(55-44-22-11-9-18-37(42)44)51-41-28-26-35(34-27-29-48-43(30-34)39-20-10-12-23-46(39)56(48)36-16-5-2-6-17-36)31-50(41)58-54-49-25-13-24-47-38-19-7-8-21-40(38)53(52(51)54)57(47)49/h1-32,51H. The van der Waals surface area contributed by atoms with E-state index in [1.54, 1.807) is 0 Å². The molecular weight excluding hydrogens is 723 g/mol. The maximum Gasteiger partial charge on any atom is 0.0711 e. The normalized spacial score (nSPS) is 14.0. The second-order valence-electron chi connectivity index (χ2n) is 15.5. The van der Waals surface area contributed by atoms with Gasteiger partial charge >= 0.3 is 0 Å². The Morgan fingerprint density at radius 2 is 1.09 bits per heavy atom. The van der Waals surface area contributed by atoms with E-state index in [-0.39, 0.29) is 5.92 Å². The van der Waals surface area contributed by atoms with Gasteiger partial charge in [0.1, 0.15) is 0 Å². The minimum atomic E-state index is -0.0763. The molecule has 0 N–H and O–H groups in total. The van der Waals surface area contributed by atoms with Crippen molar-refractivity contribution in [2.75, 3.05) is 0 Å². The Balaban J connectivity index is 1.06. The van der Waals surface area contributed by atoms with E-state index in [2.05, 4.69) is 203 Å². The molecular formula is C54H33N3S. The summed E-state index contributed by atoms with van der Waals surface area (Å²) in [7, 11) is 0. The fourth-order valence-corrected chi connectivity index (χ4v) is 11.2. The van der Waals surface area contributed by atoms with Crippen molar-refractivity contribution >= 4 is 71.8 Å². The molecule has 0 spiro atoms. The largest absolute Gasteiger partial charge is 0.309 e. The first kappa shape index (κ1) is 32.0. The number of rotatable bonds is 4. The lowest BCUT2D eigenvalue weighted by Crippen LogP contribution is -2.11. The number of hydrogen-bond donors (Lipinski definition) is 0. The van der Waals surface area contributed by atoms with Gasteiger partial charge in [0, 0.05) is 48.0 Å². The quantitative estimate of drug-likeness (QED) is 0.178. The summed E-state index contributed by atoms with van der Waals surface area (Å²) in [6.45, 7) is 0. The highest BCUT2D eigenvalue weighted by Gasteiger charge is 2.36. The van der Waals surface area contributed by atoms with Gasteiger partial charge in [-0.1, -0.05) is 145 Å². The molecule has 1 unspecified atom stereocenters. The molecule has 0 fully saturated rings. The van der Waals surface area contributed by atoms with Crippen LogP contribution in [-0.4, -0.2) is 14.0 Å². The minimum absolute atomic E-state index is 0.0763. The Kier molecular flexibility index (Phi) is 6.72. The topological polar surface area (TPSA) is 22.2 Å². The fourth-order valence-electron chi connectivity index (χ4n) is 9.88. The second kappa shape index (κ2) is 12.2. The molecule has 7 aromatic carbocycles. The lowest BCUT2D eigenvalue weighted by molar-refractivity contribution is 0.887. The average Bonchev–Trinajstić information content (AvgIpc) is 3.93. The Labute approximate surface area is 338 Å². The van der Waals surface area contributed by atoms with Crippen LogP contribution in [0.4, 0.5) is 0 Å². The molecule has 1 atom stereocenters. The Hall–Kier alpha value is -7.14. The number of para-hydroxylation sites is 3. The van der Waals surface area contributed by atoms with E-state index in [0.29, 0.717) is 0 Å². The van der Waals surface area contributed by atoms with Gasteiger partial charge in [-0.2, -0.15) is 0 Å². The van der Waals surface area contributed by atoms with Crippen LogP contribution in [0.5, 0.6) is 0 Å². The monoisotopic (exact) mass is 755 g/mol. The molecule has 1 aliphatic rings. The van der Waals surface area contributed by atoms with Gasteiger partial charge in [-0.15, -0.1) is 0 Å². The van der Waals surface area contributed by atoms with Gasteiger partial charge in [0.05, 0.1) is 44.7 Å². The second-order valence-corrected chi connectivity index (χ2v) is 16.5. The van der Waals surface area contributed by atoms with Gasteiger partial charge in [-0.25, -0.2) is 0 Å². The van der Waals surface area contributed by atoms with Crippen LogP contribution in [0, 0.1) is 0 Å². The maximum absolute atomic E-state index is 5.55. The van der Waals surface area contributed by atoms with Crippen LogP contribution < -0.4 is 0 Å². The molecule has 12 aromatic rings. The van der Waals surface area contributed by atoms with E-state index in [9.17, 15) is 0 Å². The van der Waals surface area contributed by atoms with Crippen molar-refractivity contribution in [1.29, 1.82) is 0 Å². The molecule has 4 heteroatoms. The smallest absolute Gasteiger partial charge is 0.0711 e. The Morgan fingerprint density at radius 3 is 1.93 bits per heavy atom. The van der Waals surface area contributed by atoms with Crippen LogP contribution in [0.25, 0.3) is 88.0 Å². The van der Waals surface area contributed by atoms with Crippen molar-refractivity contribution < 1.29 is 0 Å². The third-order valence-electron chi connectivity index (χ3n) is 12.4. The SMILES string of the molecule is c1ccc(-c2cc(C3c4ccc(-c5ccc6c(c5)c5ccccc5n6-c5ccccc5)cc4Sc4c3c3c5ccccc5c5cccc4n53)nc3ccccc23)cc1. The van der Waals surface area contributed by atoms with E-state index in [0.717, 1.165) is 11.2 Å². The van der Waals surface area contributed by atoms with Crippen molar-refractivity contribution in [3.8, 4) is 27.9 Å². The average molecular weight is 756 g/mol. The highest BCUT2D eigenvalue weighted by molar-refractivity contribution is 7.99. The van der Waals surface area contributed by atoms with Gasteiger partial charge in [0.2, 0.25) is 0 Å². The zero-order chi connectivity index (χ0) is 37.9. The first-order chi connectivity index (χ1) is 28.8. The number of fused-ring (bicyclic) bond motifs is 11. The number of hydrogen-bond acceptors (Lipinski definition) is 2. The fraction of sp³-hybridized carbons (Fsp3) is 0.0185. The van der Waals surface area contributed by atoms with E-state index in [1.165, 1.54) is 103 Å². The molecule has 6 heterocycles. The lowest BCUT2D eigenvalue weighted by Gasteiger charge is -2.27. The molecule has 0 saturated heterocycles. The van der Waals surface area contributed by atoms with Crippen LogP contribution in [0.2, 0.25) is 0 Å². The summed E-state index contributed by atoms with van der Waals surface area (Å²) in [6, 6.07) is 71.1. The first-order valence-corrected chi connectivity index (χ1v) is 20.7. The summed E-state index contributed by atoms with van der Waals surface area (Å²) in [4.78, 5) is 8.14. The maximum atomic E-state index is 5.55. The summed E-state index contributed by atoms with van der Waals surface area (Å²) in [6.07, 6.45) is 0.